The number of hydrogen-bond donors (Lipinski definition) is 1. The van der Waals surface area contributed by atoms with Gasteiger partial charge < -0.3 is 5.73 Å². The average Bonchev–Trinajstić information content (AvgIpc) is 2.33. The highest BCUT2D eigenvalue weighted by atomic mass is 79.9. The Balaban J connectivity index is 0. The second kappa shape index (κ2) is 12.5. The van der Waals surface area contributed by atoms with Crippen molar-refractivity contribution in [3.8, 4) is 0 Å². The highest BCUT2D eigenvalue weighted by molar-refractivity contribution is 9.10. The molecule has 6 heteroatoms. The number of halogens is 1. The Morgan fingerprint density at radius 3 is 2.38 bits per heavy atom. The third-order valence-electron chi connectivity index (χ3n) is 1.31. The van der Waals surface area contributed by atoms with Crippen LogP contribution in [0.5, 0.6) is 0 Å². The molecule has 0 aromatic carbocycles. The van der Waals surface area contributed by atoms with Crippen LogP contribution in [-0.4, -0.2) is 27.0 Å². The molecule has 2 N–H and O–H groups in total. The fourth-order valence-electron chi connectivity index (χ4n) is 0.738. The lowest BCUT2D eigenvalue weighted by Crippen LogP contribution is -2.09. The van der Waals surface area contributed by atoms with Crippen molar-refractivity contribution in [3.05, 3.63) is 30.1 Å². The maximum absolute atomic E-state index is 11.3. The van der Waals surface area contributed by atoms with E-state index in [1.54, 1.807) is 31.5 Å². The molecule has 0 amide bonds. The van der Waals surface area contributed by atoms with E-state index in [-0.39, 0.29) is 10.6 Å². The molecule has 0 bridgehead atoms. The van der Waals surface area contributed by atoms with Gasteiger partial charge in [0, 0.05) is 22.3 Å². The molecule has 0 spiro atoms. The van der Waals surface area contributed by atoms with E-state index in [9.17, 15) is 4.79 Å². The SMILES string of the molecule is CC(Br)C(=O)c1cccnc1.CN.S=C=S. The van der Waals surface area contributed by atoms with E-state index >= 15 is 0 Å². The maximum atomic E-state index is 11.3. The van der Waals surface area contributed by atoms with E-state index in [0.29, 0.717) is 5.56 Å². The fraction of sp³-hybridized carbons (Fsp3) is 0.300. The summed E-state index contributed by atoms with van der Waals surface area (Å²) in [4.78, 5) is 15.0. The molecule has 0 aliphatic heterocycles. The van der Waals surface area contributed by atoms with Gasteiger partial charge in [-0.15, -0.1) is 0 Å². The molecule has 0 aliphatic carbocycles. The van der Waals surface area contributed by atoms with Crippen LogP contribution in [0.3, 0.4) is 0 Å². The van der Waals surface area contributed by atoms with Gasteiger partial charge in [0.05, 0.1) is 4.83 Å². The van der Waals surface area contributed by atoms with Gasteiger partial charge in [0.25, 0.3) is 0 Å². The van der Waals surface area contributed by atoms with Crippen LogP contribution in [-0.2, 0) is 0 Å². The number of alkyl halides is 1. The number of ketones is 1. The fourth-order valence-corrected chi connectivity index (χ4v) is 1.00. The van der Waals surface area contributed by atoms with E-state index in [2.05, 4.69) is 51.1 Å². The molecule has 3 nitrogen and oxygen atoms in total. The summed E-state index contributed by atoms with van der Waals surface area (Å²) >= 11 is 11.1. The van der Waals surface area contributed by atoms with Crippen molar-refractivity contribution in [3.63, 3.8) is 0 Å². The summed E-state index contributed by atoms with van der Waals surface area (Å²) in [7, 11) is 1.50. The van der Waals surface area contributed by atoms with Crippen LogP contribution in [0.15, 0.2) is 24.5 Å². The molecular formula is C10H13BrN2OS2. The average molecular weight is 321 g/mol. The first-order chi connectivity index (χ1) is 7.63. The highest BCUT2D eigenvalue weighted by Gasteiger charge is 2.10. The first-order valence-electron chi connectivity index (χ1n) is 4.28. The highest BCUT2D eigenvalue weighted by Crippen LogP contribution is 2.07. The number of thiocarbonyl (C=S) groups is 2. The number of aromatic nitrogens is 1. The van der Waals surface area contributed by atoms with E-state index in [1.165, 1.54) is 7.05 Å². The van der Waals surface area contributed by atoms with Crippen molar-refractivity contribution in [2.24, 2.45) is 5.73 Å². The van der Waals surface area contributed by atoms with Crippen molar-refractivity contribution in [2.45, 2.75) is 11.8 Å². The Labute approximate surface area is 115 Å². The molecule has 1 unspecified atom stereocenters. The van der Waals surface area contributed by atoms with Crippen molar-refractivity contribution in [1.82, 2.24) is 4.98 Å². The van der Waals surface area contributed by atoms with E-state index in [1.807, 2.05) is 4.31 Å². The van der Waals surface area contributed by atoms with Crippen LogP contribution in [0.4, 0.5) is 0 Å². The number of pyridine rings is 1. The number of carbonyl (C=O) groups is 1. The molecule has 88 valence electrons. The van der Waals surface area contributed by atoms with Crippen molar-refractivity contribution < 1.29 is 4.79 Å². The van der Waals surface area contributed by atoms with Gasteiger partial charge >= 0.3 is 0 Å². The summed E-state index contributed by atoms with van der Waals surface area (Å²) in [6, 6.07) is 3.51. The van der Waals surface area contributed by atoms with Crippen LogP contribution in [0.2, 0.25) is 0 Å². The molecular weight excluding hydrogens is 308 g/mol. The number of carbonyl (C=O) groups excluding carboxylic acids is 1. The number of nitrogens with zero attached hydrogens (tertiary/aromatic N) is 1. The third-order valence-corrected chi connectivity index (χ3v) is 1.72. The largest absolute Gasteiger partial charge is 0.333 e. The van der Waals surface area contributed by atoms with E-state index in [0.717, 1.165) is 0 Å². The molecule has 1 aromatic rings. The molecule has 1 heterocycles. The third kappa shape index (κ3) is 8.76. The Kier molecular flexibility index (Phi) is 14.0. The van der Waals surface area contributed by atoms with Crippen LogP contribution in [0, 0.1) is 0 Å². The van der Waals surface area contributed by atoms with Crippen molar-refractivity contribution in [2.75, 3.05) is 7.05 Å². The van der Waals surface area contributed by atoms with Crippen LogP contribution in [0.1, 0.15) is 17.3 Å². The second-order valence-corrected chi connectivity index (χ2v) is 4.35. The molecule has 16 heavy (non-hydrogen) atoms. The number of rotatable bonds is 2. The first-order valence-corrected chi connectivity index (χ1v) is 6.02. The summed E-state index contributed by atoms with van der Waals surface area (Å²) in [6.07, 6.45) is 3.22. The first kappa shape index (κ1) is 17.9. The zero-order valence-corrected chi connectivity index (χ0v) is 12.2. The molecule has 0 fully saturated rings. The molecule has 0 saturated heterocycles. The zero-order chi connectivity index (χ0) is 13.0. The van der Waals surface area contributed by atoms with Gasteiger partial charge in [-0.05, 0) is 50.5 Å². The summed E-state index contributed by atoms with van der Waals surface area (Å²) in [5, 5.41) is 0. The van der Waals surface area contributed by atoms with Gasteiger partial charge in [-0.25, -0.2) is 0 Å². The van der Waals surface area contributed by atoms with Crippen LogP contribution in [0.25, 0.3) is 0 Å². The molecule has 0 radical (unpaired) electrons. The summed E-state index contributed by atoms with van der Waals surface area (Å²) in [5.41, 5.74) is 5.15. The van der Waals surface area contributed by atoms with E-state index < -0.39 is 0 Å². The molecule has 0 aliphatic rings. The second-order valence-electron chi connectivity index (χ2n) is 2.31. The normalized spacial score (nSPS) is 9.50. The Morgan fingerprint density at radius 2 is 2.06 bits per heavy atom. The minimum atomic E-state index is -0.133. The Hall–Kier alpha value is -0.520. The van der Waals surface area contributed by atoms with Crippen molar-refractivity contribution >= 4 is 50.5 Å². The molecule has 1 atom stereocenters. The topological polar surface area (TPSA) is 56.0 Å². The van der Waals surface area contributed by atoms with Gasteiger partial charge in [0.2, 0.25) is 0 Å². The molecule has 1 rings (SSSR count). The molecule has 1 aromatic heterocycles. The summed E-state index contributed by atoms with van der Waals surface area (Å²) in [6.45, 7) is 1.80. The van der Waals surface area contributed by atoms with E-state index in [4.69, 9.17) is 0 Å². The van der Waals surface area contributed by atoms with Gasteiger partial charge in [0.1, 0.15) is 0 Å². The lowest BCUT2D eigenvalue weighted by atomic mass is 10.1. The Bertz CT molecular complexity index is 325. The van der Waals surface area contributed by atoms with Gasteiger partial charge in [-0.3, -0.25) is 9.78 Å². The predicted molar refractivity (Wildman–Crippen MR) is 77.3 cm³/mol. The van der Waals surface area contributed by atoms with Crippen LogP contribution >= 0.6 is 40.4 Å². The van der Waals surface area contributed by atoms with Gasteiger partial charge in [0.15, 0.2) is 5.78 Å². The standard InChI is InChI=1S/C8H8BrNO.CH5N.CS2/c1-6(9)8(11)7-3-2-4-10-5-7;1-2;2-1-3/h2-6H,1H3;2H2,1H3;. The number of Topliss-reactive ketones (excluding diaryl/α,β-unsaturated/α-hetero) is 1. The number of nitrogens with two attached hydrogens (primary N) is 1. The zero-order valence-electron chi connectivity index (χ0n) is 9.01. The maximum Gasteiger partial charge on any atom is 0.177 e. The Morgan fingerprint density at radius 1 is 1.56 bits per heavy atom. The molecule has 0 saturated carbocycles. The van der Waals surface area contributed by atoms with Gasteiger partial charge in [-0.1, -0.05) is 15.9 Å². The monoisotopic (exact) mass is 320 g/mol. The summed E-state index contributed by atoms with van der Waals surface area (Å²) < 4.78 is 1.92. The predicted octanol–water partition coefficient (Wildman–Crippen LogP) is 2.64. The minimum absolute atomic E-state index is 0.0677. The van der Waals surface area contributed by atoms with Gasteiger partial charge in [-0.2, -0.15) is 0 Å². The lowest BCUT2D eigenvalue weighted by Gasteiger charge is -1.99. The van der Waals surface area contributed by atoms with Crippen molar-refractivity contribution in [1.29, 1.82) is 0 Å². The number of hydrogen-bond acceptors (Lipinski definition) is 5. The van der Waals surface area contributed by atoms with Crippen LogP contribution < -0.4 is 5.73 Å². The minimum Gasteiger partial charge on any atom is -0.333 e. The quantitative estimate of drug-likeness (QED) is 0.515. The smallest absolute Gasteiger partial charge is 0.177 e. The lowest BCUT2D eigenvalue weighted by molar-refractivity contribution is 0.0995. The summed E-state index contributed by atoms with van der Waals surface area (Å²) in [5.74, 6) is 0.0677.